The topological polar surface area (TPSA) is 42.9 Å². The Morgan fingerprint density at radius 3 is 1.67 bits per heavy atom. The Morgan fingerprint density at radius 2 is 1.24 bits per heavy atom. The molecule has 0 spiro atoms. The van der Waals surface area contributed by atoms with Crippen molar-refractivity contribution in [2.24, 2.45) is 0 Å². The van der Waals surface area contributed by atoms with Crippen molar-refractivity contribution >= 4 is 6.29 Å². The van der Waals surface area contributed by atoms with Gasteiger partial charge in [0.15, 0.2) is 6.29 Å². The predicted molar refractivity (Wildman–Crippen MR) is 81.2 cm³/mol. The second kappa shape index (κ2) is 6.09. The van der Waals surface area contributed by atoms with E-state index in [4.69, 9.17) is 0 Å². The molecule has 0 saturated carbocycles. The van der Waals surface area contributed by atoms with Gasteiger partial charge in [-0.25, -0.2) is 9.97 Å². The molecular weight excluding hydrogens is 260 g/mol. The lowest BCUT2D eigenvalue weighted by Gasteiger charge is -2.16. The van der Waals surface area contributed by atoms with Crippen LogP contribution in [0.2, 0.25) is 0 Å². The maximum Gasteiger partial charge on any atom is 0.153 e. The number of carbonyl (C=O) groups excluding carboxylic acids is 1. The fourth-order valence-electron chi connectivity index (χ4n) is 2.34. The van der Waals surface area contributed by atoms with E-state index in [2.05, 4.69) is 34.2 Å². The largest absolute Gasteiger partial charge is 0.298 e. The molecule has 1 aromatic heterocycles. The molecule has 3 nitrogen and oxygen atoms in total. The maximum atomic E-state index is 10.7. The Kier molecular flexibility index (Phi) is 3.83. The molecule has 0 aliphatic carbocycles. The van der Waals surface area contributed by atoms with Crippen LogP contribution in [0.1, 0.15) is 33.2 Å². The van der Waals surface area contributed by atoms with Gasteiger partial charge in [0.1, 0.15) is 5.82 Å². The Morgan fingerprint density at radius 1 is 0.762 bits per heavy atom. The third kappa shape index (κ3) is 2.87. The molecule has 2 aromatic carbocycles. The Bertz CT molecular complexity index is 670. The van der Waals surface area contributed by atoms with Crippen LogP contribution in [-0.2, 0) is 0 Å². The lowest BCUT2D eigenvalue weighted by atomic mass is 9.90. The first-order chi connectivity index (χ1) is 10.4. The highest BCUT2D eigenvalue weighted by atomic mass is 16.1. The van der Waals surface area contributed by atoms with Crippen LogP contribution in [0.4, 0.5) is 0 Å². The van der Waals surface area contributed by atoms with Gasteiger partial charge in [-0.1, -0.05) is 60.7 Å². The Hall–Kier alpha value is -2.81. The molecule has 3 aromatic rings. The first-order valence-electron chi connectivity index (χ1n) is 6.75. The predicted octanol–water partition coefficient (Wildman–Crippen LogP) is 3.47. The zero-order chi connectivity index (χ0) is 14.5. The van der Waals surface area contributed by atoms with Crippen LogP contribution in [0.3, 0.4) is 0 Å². The van der Waals surface area contributed by atoms with Crippen molar-refractivity contribution in [3.05, 3.63) is 95.6 Å². The van der Waals surface area contributed by atoms with Crippen LogP contribution in [-0.4, -0.2) is 16.3 Å². The monoisotopic (exact) mass is 274 g/mol. The van der Waals surface area contributed by atoms with Crippen molar-refractivity contribution in [1.82, 2.24) is 9.97 Å². The number of hydrogen-bond acceptors (Lipinski definition) is 3. The minimum absolute atomic E-state index is 0.0342. The summed E-state index contributed by atoms with van der Waals surface area (Å²) >= 11 is 0. The molecule has 0 amide bonds. The van der Waals surface area contributed by atoms with E-state index in [0.29, 0.717) is 11.4 Å². The van der Waals surface area contributed by atoms with E-state index in [0.717, 1.165) is 17.4 Å². The van der Waals surface area contributed by atoms with E-state index in [1.54, 1.807) is 12.4 Å². The fraction of sp³-hybridized carbons (Fsp3) is 0.0556. The van der Waals surface area contributed by atoms with E-state index in [-0.39, 0.29) is 5.92 Å². The molecule has 3 rings (SSSR count). The summed E-state index contributed by atoms with van der Waals surface area (Å²) in [6.07, 6.45) is 3.88. The normalized spacial score (nSPS) is 10.5. The number of aromatic nitrogens is 2. The van der Waals surface area contributed by atoms with Gasteiger partial charge in [-0.05, 0) is 11.1 Å². The number of nitrogens with zero attached hydrogens (tertiary/aromatic N) is 2. The molecule has 0 atom stereocenters. The molecule has 1 heterocycles. The quantitative estimate of drug-likeness (QED) is 0.684. The zero-order valence-corrected chi connectivity index (χ0v) is 11.4. The van der Waals surface area contributed by atoms with E-state index in [9.17, 15) is 4.79 Å². The highest BCUT2D eigenvalue weighted by Gasteiger charge is 2.18. The highest BCUT2D eigenvalue weighted by molar-refractivity contribution is 5.73. The SMILES string of the molecule is O=Cc1cnc(C(c2ccccc2)c2ccccc2)nc1. The van der Waals surface area contributed by atoms with Gasteiger partial charge in [-0.15, -0.1) is 0 Å². The fourth-order valence-corrected chi connectivity index (χ4v) is 2.34. The number of rotatable bonds is 4. The summed E-state index contributed by atoms with van der Waals surface area (Å²) in [5.41, 5.74) is 2.74. The van der Waals surface area contributed by atoms with Gasteiger partial charge in [0.05, 0.1) is 11.5 Å². The number of aldehydes is 1. The van der Waals surface area contributed by atoms with Crippen molar-refractivity contribution in [1.29, 1.82) is 0 Å². The minimum Gasteiger partial charge on any atom is -0.298 e. The van der Waals surface area contributed by atoms with Gasteiger partial charge in [-0.2, -0.15) is 0 Å². The van der Waals surface area contributed by atoms with Gasteiger partial charge in [0, 0.05) is 12.4 Å². The third-order valence-electron chi connectivity index (χ3n) is 3.35. The highest BCUT2D eigenvalue weighted by Crippen LogP contribution is 2.29. The van der Waals surface area contributed by atoms with Gasteiger partial charge >= 0.3 is 0 Å². The van der Waals surface area contributed by atoms with Crippen molar-refractivity contribution in [3.63, 3.8) is 0 Å². The summed E-state index contributed by atoms with van der Waals surface area (Å²) in [4.78, 5) is 19.5. The second-order valence-electron chi connectivity index (χ2n) is 4.75. The van der Waals surface area contributed by atoms with Gasteiger partial charge in [0.25, 0.3) is 0 Å². The molecule has 0 radical (unpaired) electrons. The van der Waals surface area contributed by atoms with Crippen molar-refractivity contribution in [2.75, 3.05) is 0 Å². The van der Waals surface area contributed by atoms with Crippen LogP contribution < -0.4 is 0 Å². The summed E-state index contributed by atoms with van der Waals surface area (Å²) in [6.45, 7) is 0. The molecule has 0 saturated heterocycles. The van der Waals surface area contributed by atoms with E-state index >= 15 is 0 Å². The number of benzene rings is 2. The Balaban J connectivity index is 2.09. The molecule has 0 aliphatic rings. The molecule has 21 heavy (non-hydrogen) atoms. The first kappa shape index (κ1) is 13.2. The summed E-state index contributed by atoms with van der Waals surface area (Å²) in [5.74, 6) is 0.658. The lowest BCUT2D eigenvalue weighted by Crippen LogP contribution is -2.08. The van der Waals surface area contributed by atoms with E-state index in [1.807, 2.05) is 36.4 Å². The van der Waals surface area contributed by atoms with Crippen molar-refractivity contribution < 1.29 is 4.79 Å². The summed E-state index contributed by atoms with van der Waals surface area (Å²) < 4.78 is 0. The van der Waals surface area contributed by atoms with E-state index in [1.165, 1.54) is 0 Å². The van der Waals surface area contributed by atoms with Crippen LogP contribution in [0.25, 0.3) is 0 Å². The minimum atomic E-state index is -0.0342. The van der Waals surface area contributed by atoms with Crippen LogP contribution in [0, 0.1) is 0 Å². The molecule has 0 N–H and O–H groups in total. The van der Waals surface area contributed by atoms with Gasteiger partial charge in [-0.3, -0.25) is 4.79 Å². The average Bonchev–Trinajstić information content (AvgIpc) is 2.58. The van der Waals surface area contributed by atoms with Crippen molar-refractivity contribution in [3.8, 4) is 0 Å². The molecular formula is C18H14N2O. The molecule has 3 heteroatoms. The molecule has 102 valence electrons. The van der Waals surface area contributed by atoms with Gasteiger partial charge < -0.3 is 0 Å². The van der Waals surface area contributed by atoms with Gasteiger partial charge in [0.2, 0.25) is 0 Å². The van der Waals surface area contributed by atoms with Crippen molar-refractivity contribution in [2.45, 2.75) is 5.92 Å². The van der Waals surface area contributed by atoms with E-state index < -0.39 is 0 Å². The number of hydrogen-bond donors (Lipinski definition) is 0. The van der Waals surface area contributed by atoms with Crippen LogP contribution >= 0.6 is 0 Å². The number of carbonyl (C=O) groups is 1. The zero-order valence-electron chi connectivity index (χ0n) is 11.4. The smallest absolute Gasteiger partial charge is 0.153 e. The maximum absolute atomic E-state index is 10.7. The third-order valence-corrected chi connectivity index (χ3v) is 3.35. The first-order valence-corrected chi connectivity index (χ1v) is 6.75. The molecule has 0 unspecified atom stereocenters. The summed E-state index contributed by atoms with van der Waals surface area (Å²) in [7, 11) is 0. The lowest BCUT2D eigenvalue weighted by molar-refractivity contribution is 0.112. The Labute approximate surface area is 123 Å². The second-order valence-corrected chi connectivity index (χ2v) is 4.75. The molecule has 0 fully saturated rings. The average molecular weight is 274 g/mol. The van der Waals surface area contributed by atoms with Crippen LogP contribution in [0.5, 0.6) is 0 Å². The summed E-state index contributed by atoms with van der Waals surface area (Å²) in [5, 5.41) is 0. The van der Waals surface area contributed by atoms with Crippen LogP contribution in [0.15, 0.2) is 73.1 Å². The molecule has 0 bridgehead atoms. The summed E-state index contributed by atoms with van der Waals surface area (Å²) in [6, 6.07) is 20.3. The molecule has 0 aliphatic heterocycles. The standard InChI is InChI=1S/C18H14N2O/c21-13-14-11-19-18(20-12-14)17(15-7-3-1-4-8-15)16-9-5-2-6-10-16/h1-13,17H.